The highest BCUT2D eigenvalue weighted by Crippen LogP contribution is 2.28. The molecule has 0 saturated carbocycles. The van der Waals surface area contributed by atoms with Crippen LogP contribution in [-0.4, -0.2) is 36.6 Å². The van der Waals surface area contributed by atoms with E-state index in [9.17, 15) is 14.4 Å². The molecule has 0 unspecified atom stereocenters. The lowest BCUT2D eigenvalue weighted by Gasteiger charge is -2.20. The van der Waals surface area contributed by atoms with Crippen LogP contribution < -0.4 is 11.1 Å². The number of carbonyl (C=O) groups is 3. The number of hydrogen-bond donors (Lipinski definition) is 2. The Labute approximate surface area is 159 Å². The number of hydrogen-bond acceptors (Lipinski definition) is 7. The van der Waals surface area contributed by atoms with Gasteiger partial charge in [0.05, 0.1) is 16.9 Å². The third-order valence-electron chi connectivity index (χ3n) is 3.09. The molecule has 0 fully saturated rings. The largest absolute Gasteiger partial charge is 0.465 e. The first-order chi connectivity index (χ1) is 11.5. The van der Waals surface area contributed by atoms with Crippen molar-refractivity contribution >= 4 is 45.1 Å². The number of thiophene rings is 1. The molecule has 140 valence electrons. The Morgan fingerprint density at radius 1 is 1.36 bits per heavy atom. The zero-order chi connectivity index (χ0) is 19.2. The summed E-state index contributed by atoms with van der Waals surface area (Å²) in [7, 11) is 1.31. The number of nitrogens with two attached hydrogens (primary N) is 1. The Kier molecular flexibility index (Phi) is 8.04. The van der Waals surface area contributed by atoms with E-state index in [1.807, 2.05) is 0 Å². The second-order valence-electron chi connectivity index (χ2n) is 6.36. The monoisotopic (exact) mass is 434 g/mol. The summed E-state index contributed by atoms with van der Waals surface area (Å²) < 4.78 is 10.7. The van der Waals surface area contributed by atoms with Gasteiger partial charge >= 0.3 is 11.9 Å². The minimum Gasteiger partial charge on any atom is -0.465 e. The second-order valence-corrected chi connectivity index (χ2v) is 8.79. The van der Waals surface area contributed by atoms with Gasteiger partial charge in [0.2, 0.25) is 5.91 Å². The van der Waals surface area contributed by atoms with Gasteiger partial charge in [0, 0.05) is 13.0 Å². The lowest BCUT2D eigenvalue weighted by atomic mass is 10.1. The fraction of sp³-hybridized carbons (Fsp3) is 0.562. The van der Waals surface area contributed by atoms with E-state index in [1.165, 1.54) is 18.4 Å². The van der Waals surface area contributed by atoms with Crippen LogP contribution in [0, 0.1) is 0 Å². The van der Waals surface area contributed by atoms with Crippen LogP contribution in [-0.2, 0) is 25.6 Å². The molecule has 1 amide bonds. The minimum absolute atomic E-state index is 0.0646. The number of primary amides is 1. The normalized spacial score (nSPS) is 12.5. The van der Waals surface area contributed by atoms with E-state index in [4.69, 9.17) is 15.2 Å². The molecule has 7 nitrogen and oxygen atoms in total. The number of rotatable bonds is 8. The number of methoxy groups -OCH3 is 1. The van der Waals surface area contributed by atoms with Crippen molar-refractivity contribution in [1.29, 1.82) is 0 Å². The summed E-state index contributed by atoms with van der Waals surface area (Å²) >= 11 is 4.57. The molecule has 1 aromatic heterocycles. The summed E-state index contributed by atoms with van der Waals surface area (Å²) in [5.74, 6) is -1.41. The number of nitrogens with one attached hydrogen (secondary N) is 1. The highest BCUT2D eigenvalue weighted by Gasteiger charge is 2.22. The summed E-state index contributed by atoms with van der Waals surface area (Å²) in [5.41, 5.74) is 5.50. The van der Waals surface area contributed by atoms with E-state index in [1.54, 1.807) is 26.8 Å². The molecule has 0 aromatic carbocycles. The average Bonchev–Trinajstić information content (AvgIpc) is 2.85. The number of esters is 2. The SMILES string of the molecule is COC(=O)c1sc(Br)cc1CN[C@@H](CCC(=O)OC(C)(C)C)C(N)=O. The van der Waals surface area contributed by atoms with Gasteiger partial charge in [0.25, 0.3) is 0 Å². The first kappa shape index (κ1) is 21.6. The first-order valence-corrected chi connectivity index (χ1v) is 9.25. The highest BCUT2D eigenvalue weighted by atomic mass is 79.9. The van der Waals surface area contributed by atoms with E-state index in [-0.39, 0.29) is 19.4 Å². The predicted molar refractivity (Wildman–Crippen MR) is 98.3 cm³/mol. The van der Waals surface area contributed by atoms with Crippen molar-refractivity contribution in [1.82, 2.24) is 5.32 Å². The summed E-state index contributed by atoms with van der Waals surface area (Å²) in [4.78, 5) is 35.6. The van der Waals surface area contributed by atoms with Crippen LogP contribution in [0.5, 0.6) is 0 Å². The minimum atomic E-state index is -0.711. The maximum absolute atomic E-state index is 11.8. The Morgan fingerprint density at radius 2 is 2.00 bits per heavy atom. The van der Waals surface area contributed by atoms with Crippen LogP contribution in [0.4, 0.5) is 0 Å². The van der Waals surface area contributed by atoms with Crippen molar-refractivity contribution in [2.45, 2.75) is 51.8 Å². The number of amides is 1. The number of ether oxygens (including phenoxy) is 2. The van der Waals surface area contributed by atoms with Gasteiger partial charge in [0.1, 0.15) is 10.5 Å². The summed E-state index contributed by atoms with van der Waals surface area (Å²) in [5, 5.41) is 2.98. The standard InChI is InChI=1S/C16H23BrN2O5S/c1-16(2,3)24-12(20)6-5-10(14(18)21)19-8-9-7-11(17)25-13(9)15(22)23-4/h7,10,19H,5-6,8H2,1-4H3,(H2,18,21)/t10-/m0/s1. The molecule has 1 rings (SSSR count). The molecular formula is C16H23BrN2O5S. The van der Waals surface area contributed by atoms with Crippen LogP contribution in [0.1, 0.15) is 48.8 Å². The maximum Gasteiger partial charge on any atom is 0.348 e. The van der Waals surface area contributed by atoms with Crippen LogP contribution in [0.2, 0.25) is 0 Å². The molecule has 1 aromatic rings. The van der Waals surface area contributed by atoms with Gasteiger partial charge in [-0.15, -0.1) is 11.3 Å². The topological polar surface area (TPSA) is 108 Å². The van der Waals surface area contributed by atoms with Gasteiger partial charge in [-0.3, -0.25) is 9.59 Å². The van der Waals surface area contributed by atoms with Gasteiger partial charge in [-0.05, 0) is 54.8 Å². The van der Waals surface area contributed by atoms with Crippen LogP contribution in [0.15, 0.2) is 9.85 Å². The summed E-state index contributed by atoms with van der Waals surface area (Å²) in [6, 6.07) is 1.06. The smallest absolute Gasteiger partial charge is 0.348 e. The van der Waals surface area contributed by atoms with Crippen molar-refractivity contribution in [3.8, 4) is 0 Å². The molecule has 25 heavy (non-hydrogen) atoms. The molecule has 1 heterocycles. The lowest BCUT2D eigenvalue weighted by Crippen LogP contribution is -2.41. The zero-order valence-corrected chi connectivity index (χ0v) is 17.1. The molecule has 3 N–H and O–H groups in total. The van der Waals surface area contributed by atoms with E-state index in [2.05, 4.69) is 21.2 Å². The van der Waals surface area contributed by atoms with Crippen molar-refractivity contribution < 1.29 is 23.9 Å². The van der Waals surface area contributed by atoms with Crippen LogP contribution in [0.25, 0.3) is 0 Å². The molecule has 9 heteroatoms. The molecule has 0 aliphatic carbocycles. The van der Waals surface area contributed by atoms with Crippen molar-refractivity contribution in [2.24, 2.45) is 5.73 Å². The fourth-order valence-electron chi connectivity index (χ4n) is 2.02. The van der Waals surface area contributed by atoms with E-state index >= 15 is 0 Å². The molecule has 0 aliphatic rings. The molecular weight excluding hydrogens is 412 g/mol. The predicted octanol–water partition coefficient (Wildman–Crippen LogP) is 2.36. The van der Waals surface area contributed by atoms with Crippen molar-refractivity contribution in [3.63, 3.8) is 0 Å². The number of carbonyl (C=O) groups excluding carboxylic acids is 3. The van der Waals surface area contributed by atoms with Crippen LogP contribution in [0.3, 0.4) is 0 Å². The van der Waals surface area contributed by atoms with Gasteiger partial charge in [-0.2, -0.15) is 0 Å². The molecule has 0 bridgehead atoms. The summed E-state index contributed by atoms with van der Waals surface area (Å²) in [6.07, 6.45) is 0.276. The quantitative estimate of drug-likeness (QED) is 0.607. The van der Waals surface area contributed by atoms with Gasteiger partial charge in [-0.25, -0.2) is 4.79 Å². The van der Waals surface area contributed by atoms with E-state index < -0.39 is 29.5 Å². The Bertz CT molecular complexity index is 639. The van der Waals surface area contributed by atoms with Gasteiger partial charge in [-0.1, -0.05) is 0 Å². The van der Waals surface area contributed by atoms with Gasteiger partial charge < -0.3 is 20.5 Å². The fourth-order valence-corrected chi connectivity index (χ4v) is 3.61. The number of halogens is 1. The zero-order valence-electron chi connectivity index (χ0n) is 14.7. The molecule has 0 spiro atoms. The van der Waals surface area contributed by atoms with Crippen molar-refractivity contribution in [2.75, 3.05) is 7.11 Å². The Morgan fingerprint density at radius 3 is 2.52 bits per heavy atom. The van der Waals surface area contributed by atoms with E-state index in [0.29, 0.717) is 10.4 Å². The Balaban J connectivity index is 2.67. The molecule has 0 radical (unpaired) electrons. The van der Waals surface area contributed by atoms with E-state index in [0.717, 1.165) is 3.79 Å². The molecule has 0 aliphatic heterocycles. The maximum atomic E-state index is 11.8. The Hall–Kier alpha value is -1.45. The lowest BCUT2D eigenvalue weighted by molar-refractivity contribution is -0.155. The molecule has 0 saturated heterocycles. The van der Waals surface area contributed by atoms with Gasteiger partial charge in [0.15, 0.2) is 0 Å². The van der Waals surface area contributed by atoms with Crippen LogP contribution >= 0.6 is 27.3 Å². The average molecular weight is 435 g/mol. The second kappa shape index (κ2) is 9.30. The third kappa shape index (κ3) is 7.54. The van der Waals surface area contributed by atoms with Crippen molar-refractivity contribution in [3.05, 3.63) is 20.3 Å². The molecule has 1 atom stereocenters. The third-order valence-corrected chi connectivity index (χ3v) is 4.75. The first-order valence-electron chi connectivity index (χ1n) is 7.64. The highest BCUT2D eigenvalue weighted by molar-refractivity contribution is 9.11. The summed E-state index contributed by atoms with van der Waals surface area (Å²) in [6.45, 7) is 5.57.